The number of sulfonamides is 2. The van der Waals surface area contributed by atoms with Crippen LogP contribution in [-0.4, -0.2) is 83.9 Å². The first-order valence-electron chi connectivity index (χ1n) is 12.5. The number of hydrogen-bond acceptors (Lipinski definition) is 7. The van der Waals surface area contributed by atoms with Crippen LogP contribution in [0.25, 0.3) is 0 Å². The van der Waals surface area contributed by atoms with Crippen LogP contribution in [0.4, 0.5) is 0 Å². The van der Waals surface area contributed by atoms with Gasteiger partial charge in [0.15, 0.2) is 0 Å². The van der Waals surface area contributed by atoms with E-state index >= 15 is 0 Å². The smallest absolute Gasteiger partial charge is 0.243 e. The van der Waals surface area contributed by atoms with Crippen molar-refractivity contribution in [3.05, 3.63) is 59.1 Å². The molecule has 10 nitrogen and oxygen atoms in total. The molecule has 0 aliphatic carbocycles. The summed E-state index contributed by atoms with van der Waals surface area (Å²) in [5, 5.41) is 3.29. The van der Waals surface area contributed by atoms with E-state index in [-0.39, 0.29) is 36.3 Å². The first kappa shape index (κ1) is 28.8. The number of carbonyl (C=O) groups is 1. The molecule has 0 spiro atoms. The van der Waals surface area contributed by atoms with Gasteiger partial charge in [0.2, 0.25) is 26.0 Å². The van der Waals surface area contributed by atoms with Gasteiger partial charge in [-0.05, 0) is 54.8 Å². The third kappa shape index (κ3) is 7.45. The Balaban J connectivity index is 1.23. The first-order chi connectivity index (χ1) is 18.1. The molecule has 0 radical (unpaired) electrons. The summed E-state index contributed by atoms with van der Waals surface area (Å²) in [6, 6.07) is 12.9. The van der Waals surface area contributed by atoms with Crippen LogP contribution < -0.4 is 10.1 Å². The first-order valence-corrected chi connectivity index (χ1v) is 15.9. The maximum absolute atomic E-state index is 12.9. The molecule has 2 fully saturated rings. The summed E-state index contributed by atoms with van der Waals surface area (Å²) < 4.78 is 64.9. The van der Waals surface area contributed by atoms with E-state index in [0.29, 0.717) is 62.0 Å². The summed E-state index contributed by atoms with van der Waals surface area (Å²) in [7, 11) is -7.16. The van der Waals surface area contributed by atoms with Crippen LogP contribution in [0.1, 0.15) is 18.4 Å². The molecule has 4 rings (SSSR count). The molecule has 13 heteroatoms. The lowest BCUT2D eigenvalue weighted by Gasteiger charge is -2.31. The van der Waals surface area contributed by atoms with E-state index in [1.165, 1.54) is 20.7 Å². The number of ether oxygens (including phenoxy) is 2. The van der Waals surface area contributed by atoms with Crippen LogP contribution in [0, 0.1) is 5.92 Å². The lowest BCUT2D eigenvalue weighted by Crippen LogP contribution is -2.46. The minimum Gasteiger partial charge on any atom is -0.492 e. The van der Waals surface area contributed by atoms with E-state index in [1.54, 1.807) is 36.4 Å². The minimum absolute atomic E-state index is 0.134. The summed E-state index contributed by atoms with van der Waals surface area (Å²) >= 11 is 5.98. The van der Waals surface area contributed by atoms with Crippen molar-refractivity contribution < 1.29 is 31.1 Å². The highest BCUT2D eigenvalue weighted by atomic mass is 35.5. The van der Waals surface area contributed by atoms with Gasteiger partial charge in [-0.3, -0.25) is 4.79 Å². The Bertz CT molecular complexity index is 1310. The molecular formula is C25H32ClN3O7S2. The highest BCUT2D eigenvalue weighted by Gasteiger charge is 2.32. The predicted octanol–water partition coefficient (Wildman–Crippen LogP) is 2.10. The Morgan fingerprint density at radius 3 is 2.47 bits per heavy atom. The van der Waals surface area contributed by atoms with Crippen molar-refractivity contribution in [2.24, 2.45) is 5.92 Å². The molecular weight excluding hydrogens is 554 g/mol. The molecule has 0 saturated carbocycles. The second-order valence-electron chi connectivity index (χ2n) is 9.21. The van der Waals surface area contributed by atoms with Crippen molar-refractivity contribution >= 4 is 37.6 Å². The average molecular weight is 586 g/mol. The van der Waals surface area contributed by atoms with Crippen molar-refractivity contribution in [3.63, 3.8) is 0 Å². The zero-order chi connectivity index (χ0) is 27.2. The fourth-order valence-electron chi connectivity index (χ4n) is 4.47. The number of morpholine rings is 1. The third-order valence-electron chi connectivity index (χ3n) is 6.49. The molecule has 0 bridgehead atoms. The Hall–Kier alpha value is -2.22. The van der Waals surface area contributed by atoms with Gasteiger partial charge in [-0.1, -0.05) is 23.7 Å². The predicted molar refractivity (Wildman–Crippen MR) is 143 cm³/mol. The van der Waals surface area contributed by atoms with Gasteiger partial charge in [0.1, 0.15) is 12.4 Å². The molecule has 0 aromatic heterocycles. The second kappa shape index (κ2) is 12.8. The topological polar surface area (TPSA) is 122 Å². The third-order valence-corrected chi connectivity index (χ3v) is 10.5. The van der Waals surface area contributed by atoms with E-state index in [1.807, 2.05) is 0 Å². The van der Waals surface area contributed by atoms with Gasteiger partial charge in [-0.15, -0.1) is 0 Å². The molecule has 1 N–H and O–H groups in total. The number of benzene rings is 2. The van der Waals surface area contributed by atoms with Gasteiger partial charge in [0, 0.05) is 31.2 Å². The highest BCUT2D eigenvalue weighted by Crippen LogP contribution is 2.23. The van der Waals surface area contributed by atoms with Crippen LogP contribution in [0.3, 0.4) is 0 Å². The number of amides is 1. The SMILES string of the molecule is O=C(NCCOc1ccc(S(=O)(=O)N2CCOCC2)cc1)[C@@H]1CCCN(S(=O)(=O)Cc2cccc(Cl)c2)C1. The number of piperidine rings is 1. The standard InChI is InChI=1S/C25H32ClN3O7S2/c26-22-5-1-3-20(17-22)19-37(31,32)29-11-2-4-21(18-29)25(30)27-10-14-36-23-6-8-24(9-7-23)38(33,34)28-12-15-35-16-13-28/h1,3,5-9,17,21H,2,4,10-16,18-19H2,(H,27,30)/t21-/m1/s1. The maximum Gasteiger partial charge on any atom is 0.243 e. The van der Waals surface area contributed by atoms with Crippen molar-refractivity contribution in [1.82, 2.24) is 13.9 Å². The Morgan fingerprint density at radius 1 is 1.03 bits per heavy atom. The van der Waals surface area contributed by atoms with Crippen LogP contribution in [-0.2, 0) is 35.3 Å². The second-order valence-corrected chi connectivity index (χ2v) is 13.6. The van der Waals surface area contributed by atoms with E-state index < -0.39 is 26.0 Å². The molecule has 2 saturated heterocycles. The zero-order valence-corrected chi connectivity index (χ0v) is 23.3. The van der Waals surface area contributed by atoms with E-state index in [2.05, 4.69) is 5.32 Å². The number of hydrogen-bond donors (Lipinski definition) is 1. The molecule has 2 aromatic carbocycles. The zero-order valence-electron chi connectivity index (χ0n) is 20.9. The van der Waals surface area contributed by atoms with Gasteiger partial charge in [-0.25, -0.2) is 21.1 Å². The van der Waals surface area contributed by atoms with Gasteiger partial charge in [-0.2, -0.15) is 4.31 Å². The van der Waals surface area contributed by atoms with Crippen LogP contribution >= 0.6 is 11.6 Å². The molecule has 2 aliphatic rings. The van der Waals surface area contributed by atoms with Gasteiger partial charge >= 0.3 is 0 Å². The lowest BCUT2D eigenvalue weighted by molar-refractivity contribution is -0.126. The number of carbonyl (C=O) groups excluding carboxylic acids is 1. The van der Waals surface area contributed by atoms with Crippen molar-refractivity contribution in [2.45, 2.75) is 23.5 Å². The number of nitrogens with zero attached hydrogens (tertiary/aromatic N) is 2. The molecule has 2 aromatic rings. The van der Waals surface area contributed by atoms with E-state index in [9.17, 15) is 21.6 Å². The molecule has 38 heavy (non-hydrogen) atoms. The van der Waals surface area contributed by atoms with Crippen molar-refractivity contribution in [3.8, 4) is 5.75 Å². The maximum atomic E-state index is 12.9. The molecule has 1 atom stereocenters. The van der Waals surface area contributed by atoms with Crippen molar-refractivity contribution in [1.29, 1.82) is 0 Å². The molecule has 2 heterocycles. The van der Waals surface area contributed by atoms with Gasteiger partial charge in [0.25, 0.3) is 0 Å². The summed E-state index contributed by atoms with van der Waals surface area (Å²) in [6.07, 6.45) is 1.21. The average Bonchev–Trinajstić information content (AvgIpc) is 2.91. The van der Waals surface area contributed by atoms with Crippen LogP contribution in [0.5, 0.6) is 5.75 Å². The monoisotopic (exact) mass is 585 g/mol. The summed E-state index contributed by atoms with van der Waals surface area (Å²) in [5.41, 5.74) is 0.605. The summed E-state index contributed by atoms with van der Waals surface area (Å²) in [5.74, 6) is -0.343. The summed E-state index contributed by atoms with van der Waals surface area (Å²) in [4.78, 5) is 12.9. The minimum atomic E-state index is -3.58. The van der Waals surface area contributed by atoms with Gasteiger partial charge in [0.05, 0.1) is 36.3 Å². The van der Waals surface area contributed by atoms with Gasteiger partial charge < -0.3 is 14.8 Å². The molecule has 208 valence electrons. The number of nitrogens with one attached hydrogen (secondary N) is 1. The fraction of sp³-hybridized carbons (Fsp3) is 0.480. The summed E-state index contributed by atoms with van der Waals surface area (Å²) in [6.45, 7) is 2.35. The Morgan fingerprint density at radius 2 is 1.76 bits per heavy atom. The molecule has 1 amide bonds. The largest absolute Gasteiger partial charge is 0.492 e. The molecule has 2 aliphatic heterocycles. The van der Waals surface area contributed by atoms with Crippen LogP contribution in [0.2, 0.25) is 5.02 Å². The van der Waals surface area contributed by atoms with E-state index in [4.69, 9.17) is 21.1 Å². The number of rotatable bonds is 10. The lowest BCUT2D eigenvalue weighted by atomic mass is 9.99. The molecule has 0 unspecified atom stereocenters. The van der Waals surface area contributed by atoms with E-state index in [0.717, 1.165) is 0 Å². The quantitative estimate of drug-likeness (QED) is 0.424. The normalized spacial score (nSPS) is 19.7. The highest BCUT2D eigenvalue weighted by molar-refractivity contribution is 7.89. The Labute approximate surface area is 229 Å². The van der Waals surface area contributed by atoms with Crippen molar-refractivity contribution in [2.75, 3.05) is 52.5 Å². The van der Waals surface area contributed by atoms with Crippen LogP contribution in [0.15, 0.2) is 53.4 Å². The number of halogens is 1. The fourth-order valence-corrected chi connectivity index (χ4v) is 7.69. The Kier molecular flexibility index (Phi) is 9.66.